The topological polar surface area (TPSA) is 89.5 Å². The standard InChI is InChI=1S/C17H24N6O3/c1-21-12-13(11-18-21)16-19-15(20-26-16)14-5-3-2-4-6-23(14)17(24)22-7-9-25-10-8-22/h11-12,14H,2-10H2,1H3/t14-/m1/s1. The number of urea groups is 1. The Hall–Kier alpha value is -2.42. The third-order valence-electron chi connectivity index (χ3n) is 4.97. The van der Waals surface area contributed by atoms with Crippen molar-refractivity contribution < 1.29 is 14.1 Å². The van der Waals surface area contributed by atoms with Crippen LogP contribution in [0.4, 0.5) is 4.79 Å². The number of rotatable bonds is 2. The molecule has 0 radical (unpaired) electrons. The van der Waals surface area contributed by atoms with Crippen molar-refractivity contribution in [2.24, 2.45) is 7.05 Å². The molecule has 140 valence electrons. The van der Waals surface area contributed by atoms with Crippen molar-refractivity contribution in [2.45, 2.75) is 31.7 Å². The molecular formula is C17H24N6O3. The van der Waals surface area contributed by atoms with Crippen LogP contribution in [0.5, 0.6) is 0 Å². The molecule has 0 N–H and O–H groups in total. The number of carbonyl (C=O) groups excluding carboxylic acids is 1. The summed E-state index contributed by atoms with van der Waals surface area (Å²) in [4.78, 5) is 21.4. The van der Waals surface area contributed by atoms with Gasteiger partial charge in [0.05, 0.1) is 31.0 Å². The minimum absolute atomic E-state index is 0.0490. The van der Waals surface area contributed by atoms with Gasteiger partial charge in [0.25, 0.3) is 5.89 Å². The first kappa shape index (κ1) is 17.0. The Morgan fingerprint density at radius 1 is 1.19 bits per heavy atom. The Kier molecular flexibility index (Phi) is 4.87. The van der Waals surface area contributed by atoms with Gasteiger partial charge in [-0.2, -0.15) is 10.1 Å². The fourth-order valence-electron chi connectivity index (χ4n) is 3.56. The summed E-state index contributed by atoms with van der Waals surface area (Å²) in [5, 5.41) is 8.32. The molecule has 0 aromatic carbocycles. The molecule has 9 heteroatoms. The number of morpholine rings is 1. The molecule has 2 aromatic heterocycles. The molecule has 0 spiro atoms. The number of aryl methyl sites for hydroxylation is 1. The number of nitrogens with zero attached hydrogens (tertiary/aromatic N) is 6. The maximum Gasteiger partial charge on any atom is 0.320 e. The summed E-state index contributed by atoms with van der Waals surface area (Å²) in [5.74, 6) is 1.02. The second-order valence-corrected chi connectivity index (χ2v) is 6.80. The molecule has 26 heavy (non-hydrogen) atoms. The number of hydrogen-bond donors (Lipinski definition) is 0. The molecule has 1 atom stereocenters. The Morgan fingerprint density at radius 3 is 2.81 bits per heavy atom. The van der Waals surface area contributed by atoms with Crippen LogP contribution in [0.1, 0.15) is 37.5 Å². The second-order valence-electron chi connectivity index (χ2n) is 6.80. The lowest BCUT2D eigenvalue weighted by Gasteiger charge is -2.35. The molecule has 2 aliphatic rings. The molecule has 9 nitrogen and oxygen atoms in total. The summed E-state index contributed by atoms with van der Waals surface area (Å²) in [7, 11) is 1.84. The predicted molar refractivity (Wildman–Crippen MR) is 92.2 cm³/mol. The van der Waals surface area contributed by atoms with Gasteiger partial charge in [-0.3, -0.25) is 4.68 Å². The molecule has 2 saturated heterocycles. The molecule has 2 fully saturated rings. The molecule has 2 aliphatic heterocycles. The number of carbonyl (C=O) groups is 1. The summed E-state index contributed by atoms with van der Waals surface area (Å²) in [6, 6.07) is -0.102. The molecule has 4 heterocycles. The zero-order chi connectivity index (χ0) is 17.9. The van der Waals surface area contributed by atoms with Gasteiger partial charge in [-0.25, -0.2) is 4.79 Å². The van der Waals surface area contributed by atoms with E-state index in [0.29, 0.717) is 38.0 Å². The van der Waals surface area contributed by atoms with E-state index in [1.165, 1.54) is 0 Å². The van der Waals surface area contributed by atoms with Crippen molar-refractivity contribution in [3.05, 3.63) is 18.2 Å². The van der Waals surface area contributed by atoms with Crippen LogP contribution in [0.2, 0.25) is 0 Å². The number of aromatic nitrogens is 4. The summed E-state index contributed by atoms with van der Waals surface area (Å²) in [5.41, 5.74) is 0.783. The normalized spacial score (nSPS) is 21.7. The Bertz CT molecular complexity index is 751. The van der Waals surface area contributed by atoms with Crippen LogP contribution in [0, 0.1) is 0 Å². The van der Waals surface area contributed by atoms with Crippen LogP contribution in [-0.2, 0) is 11.8 Å². The zero-order valence-corrected chi connectivity index (χ0v) is 15.0. The van der Waals surface area contributed by atoms with Gasteiger partial charge in [-0.15, -0.1) is 0 Å². The molecule has 0 aliphatic carbocycles. The van der Waals surface area contributed by atoms with E-state index >= 15 is 0 Å². The fraction of sp³-hybridized carbons (Fsp3) is 0.647. The largest absolute Gasteiger partial charge is 0.378 e. The van der Waals surface area contributed by atoms with E-state index in [1.54, 1.807) is 10.9 Å². The number of ether oxygens (including phenoxy) is 1. The van der Waals surface area contributed by atoms with Crippen LogP contribution in [-0.4, -0.2) is 68.6 Å². The van der Waals surface area contributed by atoms with E-state index in [1.807, 2.05) is 23.0 Å². The lowest BCUT2D eigenvalue weighted by molar-refractivity contribution is 0.0387. The van der Waals surface area contributed by atoms with Gasteiger partial charge in [0.15, 0.2) is 5.82 Å². The molecule has 0 unspecified atom stereocenters. The van der Waals surface area contributed by atoms with Crippen molar-refractivity contribution in [3.63, 3.8) is 0 Å². The number of likely N-dealkylation sites (tertiary alicyclic amines) is 1. The van der Waals surface area contributed by atoms with E-state index in [0.717, 1.165) is 37.8 Å². The smallest absolute Gasteiger partial charge is 0.320 e. The average molecular weight is 360 g/mol. The van der Waals surface area contributed by atoms with Crippen LogP contribution in [0.15, 0.2) is 16.9 Å². The first-order valence-electron chi connectivity index (χ1n) is 9.18. The van der Waals surface area contributed by atoms with Crippen LogP contribution >= 0.6 is 0 Å². The van der Waals surface area contributed by atoms with Crippen molar-refractivity contribution >= 4 is 6.03 Å². The quantitative estimate of drug-likeness (QED) is 0.812. The number of hydrogen-bond acceptors (Lipinski definition) is 6. The van der Waals surface area contributed by atoms with E-state index in [-0.39, 0.29) is 12.1 Å². The highest BCUT2D eigenvalue weighted by Crippen LogP contribution is 2.31. The van der Waals surface area contributed by atoms with Crippen LogP contribution in [0.25, 0.3) is 11.5 Å². The highest BCUT2D eigenvalue weighted by atomic mass is 16.5. The van der Waals surface area contributed by atoms with E-state index in [4.69, 9.17) is 9.26 Å². The van der Waals surface area contributed by atoms with Gasteiger partial charge in [0.2, 0.25) is 0 Å². The predicted octanol–water partition coefficient (Wildman–Crippen LogP) is 1.84. The summed E-state index contributed by atoms with van der Waals surface area (Å²) in [6.07, 6.45) is 7.54. The van der Waals surface area contributed by atoms with Crippen molar-refractivity contribution in [1.29, 1.82) is 0 Å². The molecular weight excluding hydrogens is 336 g/mol. The van der Waals surface area contributed by atoms with E-state index in [2.05, 4.69) is 15.2 Å². The average Bonchev–Trinajstić information content (AvgIpc) is 3.25. The van der Waals surface area contributed by atoms with Gasteiger partial charge < -0.3 is 19.1 Å². The van der Waals surface area contributed by atoms with Crippen molar-refractivity contribution in [1.82, 2.24) is 29.7 Å². The highest BCUT2D eigenvalue weighted by molar-refractivity contribution is 5.75. The summed E-state index contributed by atoms with van der Waals surface area (Å²) < 4.78 is 12.5. The van der Waals surface area contributed by atoms with E-state index < -0.39 is 0 Å². The second kappa shape index (κ2) is 7.45. The zero-order valence-electron chi connectivity index (χ0n) is 15.0. The van der Waals surface area contributed by atoms with Gasteiger partial charge >= 0.3 is 6.03 Å². The Labute approximate surface area is 151 Å². The molecule has 2 amide bonds. The highest BCUT2D eigenvalue weighted by Gasteiger charge is 2.33. The van der Waals surface area contributed by atoms with Crippen molar-refractivity contribution in [3.8, 4) is 11.5 Å². The minimum atomic E-state index is -0.151. The third-order valence-corrected chi connectivity index (χ3v) is 4.97. The number of amides is 2. The molecule has 0 saturated carbocycles. The monoisotopic (exact) mass is 360 g/mol. The fourth-order valence-corrected chi connectivity index (χ4v) is 3.56. The molecule has 2 aromatic rings. The van der Waals surface area contributed by atoms with Gasteiger partial charge in [0.1, 0.15) is 0 Å². The first-order chi connectivity index (χ1) is 12.7. The first-order valence-corrected chi connectivity index (χ1v) is 9.18. The van der Waals surface area contributed by atoms with Crippen LogP contribution < -0.4 is 0 Å². The van der Waals surface area contributed by atoms with Gasteiger partial charge in [-0.1, -0.05) is 18.0 Å². The maximum absolute atomic E-state index is 13.1. The Balaban J connectivity index is 1.57. The minimum Gasteiger partial charge on any atom is -0.378 e. The lowest BCUT2D eigenvalue weighted by atomic mass is 10.1. The summed E-state index contributed by atoms with van der Waals surface area (Å²) in [6.45, 7) is 3.18. The lowest BCUT2D eigenvalue weighted by Crippen LogP contribution is -2.49. The van der Waals surface area contributed by atoms with Gasteiger partial charge in [0, 0.05) is 32.9 Å². The molecule has 0 bridgehead atoms. The summed E-state index contributed by atoms with van der Waals surface area (Å²) >= 11 is 0. The van der Waals surface area contributed by atoms with Crippen LogP contribution in [0.3, 0.4) is 0 Å². The SMILES string of the molecule is Cn1cc(-c2nc([C@H]3CCCCCN3C(=O)N3CCOCC3)no2)cn1. The third kappa shape index (κ3) is 3.44. The van der Waals surface area contributed by atoms with Crippen molar-refractivity contribution in [2.75, 3.05) is 32.8 Å². The maximum atomic E-state index is 13.1. The molecule has 4 rings (SSSR count). The van der Waals surface area contributed by atoms with Gasteiger partial charge in [-0.05, 0) is 12.8 Å². The Morgan fingerprint density at radius 2 is 2.04 bits per heavy atom. The van der Waals surface area contributed by atoms with E-state index in [9.17, 15) is 4.79 Å².